The minimum Gasteiger partial charge on any atom is -0.496 e. The second-order valence-corrected chi connectivity index (χ2v) is 5.51. The van der Waals surface area contributed by atoms with E-state index in [0.717, 1.165) is 29.4 Å². The number of amides is 1. The standard InChI is InChI=1S/C17H20N2O2/c1-21-16-9-8-14(12-4-2-3-5-13(12)16)17(20)19-15(10-18)11-6-7-11/h2-5,8-9,11,15H,6-7,10,18H2,1H3,(H,19,20). The van der Waals surface area contributed by atoms with Gasteiger partial charge in [-0.15, -0.1) is 0 Å². The highest BCUT2D eigenvalue weighted by Gasteiger charge is 2.31. The average Bonchev–Trinajstić information content (AvgIpc) is 3.36. The van der Waals surface area contributed by atoms with Crippen LogP contribution >= 0.6 is 0 Å². The van der Waals surface area contributed by atoms with Crippen molar-refractivity contribution in [3.63, 3.8) is 0 Å². The molecule has 4 heteroatoms. The van der Waals surface area contributed by atoms with E-state index < -0.39 is 0 Å². The molecule has 0 radical (unpaired) electrons. The lowest BCUT2D eigenvalue weighted by atomic mass is 10.0. The topological polar surface area (TPSA) is 64.3 Å². The quantitative estimate of drug-likeness (QED) is 0.885. The Labute approximate surface area is 124 Å². The molecule has 3 rings (SSSR count). The predicted molar refractivity (Wildman–Crippen MR) is 83.5 cm³/mol. The van der Waals surface area contributed by atoms with E-state index in [-0.39, 0.29) is 11.9 Å². The van der Waals surface area contributed by atoms with E-state index in [1.807, 2.05) is 36.4 Å². The third-order valence-corrected chi connectivity index (χ3v) is 4.11. The number of methoxy groups -OCH3 is 1. The second kappa shape index (κ2) is 5.74. The molecule has 1 fully saturated rings. The number of hydrogen-bond donors (Lipinski definition) is 2. The summed E-state index contributed by atoms with van der Waals surface area (Å²) >= 11 is 0. The van der Waals surface area contributed by atoms with E-state index in [9.17, 15) is 4.79 Å². The van der Waals surface area contributed by atoms with Crippen LogP contribution in [-0.2, 0) is 0 Å². The zero-order valence-corrected chi connectivity index (χ0v) is 12.1. The van der Waals surface area contributed by atoms with Gasteiger partial charge in [-0.25, -0.2) is 0 Å². The van der Waals surface area contributed by atoms with Crippen molar-refractivity contribution in [1.29, 1.82) is 0 Å². The van der Waals surface area contributed by atoms with Gasteiger partial charge in [0.05, 0.1) is 7.11 Å². The highest BCUT2D eigenvalue weighted by atomic mass is 16.5. The van der Waals surface area contributed by atoms with Gasteiger partial charge in [-0.3, -0.25) is 4.79 Å². The van der Waals surface area contributed by atoms with Crippen LogP contribution in [0.5, 0.6) is 5.75 Å². The molecule has 110 valence electrons. The van der Waals surface area contributed by atoms with Crippen LogP contribution in [0.4, 0.5) is 0 Å². The highest BCUT2D eigenvalue weighted by molar-refractivity contribution is 6.08. The highest BCUT2D eigenvalue weighted by Crippen LogP contribution is 2.33. The number of benzene rings is 2. The molecule has 1 saturated carbocycles. The number of nitrogens with one attached hydrogen (secondary N) is 1. The normalized spacial score (nSPS) is 15.7. The second-order valence-electron chi connectivity index (χ2n) is 5.51. The number of hydrogen-bond acceptors (Lipinski definition) is 3. The Morgan fingerprint density at radius 1 is 1.29 bits per heavy atom. The zero-order chi connectivity index (χ0) is 14.8. The molecule has 1 unspecified atom stereocenters. The zero-order valence-electron chi connectivity index (χ0n) is 12.1. The van der Waals surface area contributed by atoms with Gasteiger partial charge in [0.2, 0.25) is 0 Å². The molecule has 0 aromatic heterocycles. The smallest absolute Gasteiger partial charge is 0.252 e. The average molecular weight is 284 g/mol. The first-order valence-electron chi connectivity index (χ1n) is 7.31. The molecule has 1 amide bonds. The third kappa shape index (κ3) is 2.72. The van der Waals surface area contributed by atoms with Crippen molar-refractivity contribution in [3.05, 3.63) is 42.0 Å². The van der Waals surface area contributed by atoms with E-state index >= 15 is 0 Å². The molecule has 0 heterocycles. The molecule has 0 saturated heterocycles. The minimum absolute atomic E-state index is 0.0591. The lowest BCUT2D eigenvalue weighted by molar-refractivity contribution is 0.0935. The van der Waals surface area contributed by atoms with Crippen LogP contribution in [-0.4, -0.2) is 25.6 Å². The van der Waals surface area contributed by atoms with Crippen LogP contribution in [0.25, 0.3) is 10.8 Å². The Morgan fingerprint density at radius 3 is 2.62 bits per heavy atom. The van der Waals surface area contributed by atoms with Crippen LogP contribution in [0, 0.1) is 5.92 Å². The maximum atomic E-state index is 12.6. The number of carbonyl (C=O) groups excluding carboxylic acids is 1. The Balaban J connectivity index is 1.94. The minimum atomic E-state index is -0.0591. The lowest BCUT2D eigenvalue weighted by Gasteiger charge is -2.17. The Kier molecular flexibility index (Phi) is 3.80. The fraction of sp³-hybridized carbons (Fsp3) is 0.353. The summed E-state index contributed by atoms with van der Waals surface area (Å²) in [5.74, 6) is 1.26. The number of nitrogens with two attached hydrogens (primary N) is 1. The predicted octanol–water partition coefficient (Wildman–Crippen LogP) is 2.32. The summed E-state index contributed by atoms with van der Waals surface area (Å²) in [6.07, 6.45) is 2.32. The molecule has 2 aromatic carbocycles. The molecule has 1 aliphatic carbocycles. The van der Waals surface area contributed by atoms with Crippen molar-refractivity contribution < 1.29 is 9.53 Å². The molecule has 1 aliphatic rings. The summed E-state index contributed by atoms with van der Waals surface area (Å²) in [6.45, 7) is 0.491. The number of carbonyl (C=O) groups is 1. The van der Waals surface area contributed by atoms with E-state index in [1.54, 1.807) is 7.11 Å². The molecule has 3 N–H and O–H groups in total. The largest absolute Gasteiger partial charge is 0.496 e. The molecule has 1 atom stereocenters. The van der Waals surface area contributed by atoms with Gasteiger partial charge in [0, 0.05) is 23.5 Å². The van der Waals surface area contributed by atoms with Gasteiger partial charge < -0.3 is 15.8 Å². The van der Waals surface area contributed by atoms with Crippen molar-refractivity contribution in [2.45, 2.75) is 18.9 Å². The van der Waals surface area contributed by atoms with E-state index in [0.29, 0.717) is 18.0 Å². The number of fused-ring (bicyclic) bond motifs is 1. The molecular formula is C17H20N2O2. The summed E-state index contributed by atoms with van der Waals surface area (Å²) in [5.41, 5.74) is 6.44. The molecule has 0 bridgehead atoms. The summed E-state index contributed by atoms with van der Waals surface area (Å²) in [5, 5.41) is 4.92. The van der Waals surface area contributed by atoms with Gasteiger partial charge >= 0.3 is 0 Å². The maximum Gasteiger partial charge on any atom is 0.252 e. The van der Waals surface area contributed by atoms with E-state index in [2.05, 4.69) is 5.32 Å². The van der Waals surface area contributed by atoms with Crippen LogP contribution < -0.4 is 15.8 Å². The number of ether oxygens (including phenoxy) is 1. The fourth-order valence-electron chi connectivity index (χ4n) is 2.76. The summed E-state index contributed by atoms with van der Waals surface area (Å²) in [4.78, 5) is 12.6. The van der Waals surface area contributed by atoms with E-state index in [4.69, 9.17) is 10.5 Å². The molecule has 2 aromatic rings. The van der Waals surface area contributed by atoms with Crippen LogP contribution in [0.15, 0.2) is 36.4 Å². The first kappa shape index (κ1) is 13.9. The maximum absolute atomic E-state index is 12.6. The number of rotatable bonds is 5. The lowest BCUT2D eigenvalue weighted by Crippen LogP contribution is -2.41. The summed E-state index contributed by atoms with van der Waals surface area (Å²) in [7, 11) is 1.64. The first-order valence-corrected chi connectivity index (χ1v) is 7.31. The Morgan fingerprint density at radius 2 is 2.00 bits per heavy atom. The monoisotopic (exact) mass is 284 g/mol. The molecule has 0 aliphatic heterocycles. The van der Waals surface area contributed by atoms with Gasteiger partial charge in [0.1, 0.15) is 5.75 Å². The van der Waals surface area contributed by atoms with Crippen molar-refractivity contribution in [2.75, 3.05) is 13.7 Å². The fourth-order valence-corrected chi connectivity index (χ4v) is 2.76. The molecule has 4 nitrogen and oxygen atoms in total. The van der Waals surface area contributed by atoms with Gasteiger partial charge in [0.25, 0.3) is 5.91 Å². The Hall–Kier alpha value is -2.07. The Bertz CT molecular complexity index is 665. The van der Waals surface area contributed by atoms with Crippen LogP contribution in [0.2, 0.25) is 0 Å². The van der Waals surface area contributed by atoms with Crippen molar-refractivity contribution >= 4 is 16.7 Å². The van der Waals surface area contributed by atoms with Crippen molar-refractivity contribution in [1.82, 2.24) is 5.32 Å². The third-order valence-electron chi connectivity index (χ3n) is 4.11. The summed E-state index contributed by atoms with van der Waals surface area (Å²) in [6, 6.07) is 11.5. The molecule has 0 spiro atoms. The van der Waals surface area contributed by atoms with Crippen LogP contribution in [0.3, 0.4) is 0 Å². The van der Waals surface area contributed by atoms with Crippen molar-refractivity contribution in [2.24, 2.45) is 11.7 Å². The first-order chi connectivity index (χ1) is 10.2. The SMILES string of the molecule is COc1ccc(C(=O)NC(CN)C2CC2)c2ccccc12. The van der Waals surface area contributed by atoms with Gasteiger partial charge in [-0.2, -0.15) is 0 Å². The van der Waals surface area contributed by atoms with Crippen LogP contribution in [0.1, 0.15) is 23.2 Å². The van der Waals surface area contributed by atoms with E-state index in [1.165, 1.54) is 0 Å². The van der Waals surface area contributed by atoms with Gasteiger partial charge in [-0.05, 0) is 36.3 Å². The van der Waals surface area contributed by atoms with Gasteiger partial charge in [0.15, 0.2) is 0 Å². The van der Waals surface area contributed by atoms with Gasteiger partial charge in [-0.1, -0.05) is 24.3 Å². The van der Waals surface area contributed by atoms with Crippen molar-refractivity contribution in [3.8, 4) is 5.75 Å². The molecule has 21 heavy (non-hydrogen) atoms. The molecular weight excluding hydrogens is 264 g/mol. The summed E-state index contributed by atoms with van der Waals surface area (Å²) < 4.78 is 5.36.